The highest BCUT2D eigenvalue weighted by molar-refractivity contribution is 7.27. The molecule has 0 aliphatic carbocycles. The second kappa shape index (κ2) is 8.85. The Bertz CT molecular complexity index is 953. The fraction of sp³-hybridized carbons (Fsp3) is 0.0455. The lowest BCUT2D eigenvalue weighted by Gasteiger charge is -2.12. The number of ketones is 1. The Morgan fingerprint density at radius 2 is 1.44 bits per heavy atom. The molecule has 0 N–H and O–H groups in total. The number of benzene rings is 3. The maximum Gasteiger partial charge on any atom is 0.275 e. The van der Waals surface area contributed by atoms with Crippen LogP contribution in [0.25, 0.3) is 5.57 Å². The van der Waals surface area contributed by atoms with E-state index < -0.39 is 0 Å². The van der Waals surface area contributed by atoms with Crippen molar-refractivity contribution in [2.75, 3.05) is 0 Å². The second-order valence-corrected chi connectivity index (χ2v) is 6.78. The number of hydrogen-bond acceptors (Lipinski definition) is 3. The Hall–Kier alpha value is -2.61. The standard InChI is InChI=1S/C22H18ClO3P/c1-15(20-9-6-10-21(16(2)24)22(20)23)17-11-13-19(14-12-17)26-27-25-18-7-4-3-5-8-18/h3-14,27H,1H2,2H3. The molecule has 0 amide bonds. The van der Waals surface area contributed by atoms with E-state index >= 15 is 0 Å². The van der Waals surface area contributed by atoms with Gasteiger partial charge in [-0.05, 0) is 48.4 Å². The van der Waals surface area contributed by atoms with E-state index in [1.54, 1.807) is 6.07 Å². The molecule has 0 aromatic heterocycles. The van der Waals surface area contributed by atoms with E-state index in [9.17, 15) is 4.79 Å². The molecule has 0 aliphatic rings. The van der Waals surface area contributed by atoms with Gasteiger partial charge >= 0.3 is 0 Å². The van der Waals surface area contributed by atoms with Crippen molar-refractivity contribution in [1.29, 1.82) is 0 Å². The average molecular weight is 397 g/mol. The summed E-state index contributed by atoms with van der Waals surface area (Å²) in [6, 6.07) is 22.4. The van der Waals surface area contributed by atoms with E-state index in [1.807, 2.05) is 66.7 Å². The van der Waals surface area contributed by atoms with Crippen LogP contribution < -0.4 is 9.05 Å². The minimum Gasteiger partial charge on any atom is -0.441 e. The lowest BCUT2D eigenvalue weighted by atomic mass is 9.97. The zero-order valence-corrected chi connectivity index (χ0v) is 16.5. The van der Waals surface area contributed by atoms with Gasteiger partial charge in [0, 0.05) is 11.1 Å². The summed E-state index contributed by atoms with van der Waals surface area (Å²) < 4.78 is 11.2. The van der Waals surface area contributed by atoms with Crippen LogP contribution in [0.3, 0.4) is 0 Å². The number of Topliss-reactive ketones (excluding diaryl/α,β-unsaturated/α-hetero) is 1. The summed E-state index contributed by atoms with van der Waals surface area (Å²) in [6.45, 7) is 5.63. The maximum absolute atomic E-state index is 11.7. The van der Waals surface area contributed by atoms with Crippen molar-refractivity contribution in [3.05, 3.63) is 101 Å². The van der Waals surface area contributed by atoms with Crippen molar-refractivity contribution in [2.24, 2.45) is 0 Å². The Labute approximate surface area is 165 Å². The fourth-order valence-electron chi connectivity index (χ4n) is 2.52. The van der Waals surface area contributed by atoms with Gasteiger partial charge in [0.25, 0.3) is 9.03 Å². The highest BCUT2D eigenvalue weighted by Crippen LogP contribution is 2.32. The van der Waals surface area contributed by atoms with Crippen molar-refractivity contribution in [1.82, 2.24) is 0 Å². The van der Waals surface area contributed by atoms with E-state index in [0.29, 0.717) is 16.3 Å². The molecule has 3 aromatic carbocycles. The summed E-state index contributed by atoms with van der Waals surface area (Å²) in [5.74, 6) is 1.39. The predicted octanol–water partition coefficient (Wildman–Crippen LogP) is 6.57. The van der Waals surface area contributed by atoms with Crippen molar-refractivity contribution in [2.45, 2.75) is 6.92 Å². The van der Waals surface area contributed by atoms with Crippen LogP contribution in [-0.4, -0.2) is 5.78 Å². The first-order valence-corrected chi connectivity index (χ1v) is 9.48. The van der Waals surface area contributed by atoms with Gasteiger partial charge in [0.05, 0.1) is 5.02 Å². The normalized spacial score (nSPS) is 10.7. The molecule has 1 atom stereocenters. The van der Waals surface area contributed by atoms with Crippen molar-refractivity contribution in [3.63, 3.8) is 0 Å². The first-order chi connectivity index (χ1) is 13.1. The number of halogens is 1. The predicted molar refractivity (Wildman–Crippen MR) is 112 cm³/mol. The molecule has 0 saturated heterocycles. The lowest BCUT2D eigenvalue weighted by molar-refractivity contribution is 0.101. The molecule has 136 valence electrons. The molecule has 0 spiro atoms. The minimum absolute atomic E-state index is 0.0715. The highest BCUT2D eigenvalue weighted by atomic mass is 35.5. The van der Waals surface area contributed by atoms with Crippen LogP contribution in [0.2, 0.25) is 5.02 Å². The number of carbonyl (C=O) groups is 1. The van der Waals surface area contributed by atoms with Crippen LogP contribution in [-0.2, 0) is 0 Å². The average Bonchev–Trinajstić information content (AvgIpc) is 2.69. The Balaban J connectivity index is 1.67. The number of carbonyl (C=O) groups excluding carboxylic acids is 1. The molecule has 0 radical (unpaired) electrons. The maximum atomic E-state index is 11.7. The quantitative estimate of drug-likeness (QED) is 0.334. The molecule has 0 aliphatic heterocycles. The molecule has 0 heterocycles. The smallest absolute Gasteiger partial charge is 0.275 e. The summed E-state index contributed by atoms with van der Waals surface area (Å²) in [5.41, 5.74) is 2.89. The fourth-order valence-corrected chi connectivity index (χ4v) is 3.40. The second-order valence-electron chi connectivity index (χ2n) is 5.83. The molecule has 3 nitrogen and oxygen atoms in total. The molecule has 27 heavy (non-hydrogen) atoms. The molecular formula is C22H18ClO3P. The van der Waals surface area contributed by atoms with Crippen LogP contribution in [0.5, 0.6) is 11.5 Å². The zero-order chi connectivity index (χ0) is 19.2. The van der Waals surface area contributed by atoms with Gasteiger partial charge in [0.2, 0.25) is 0 Å². The number of hydrogen-bond donors (Lipinski definition) is 0. The molecule has 0 bridgehead atoms. The summed E-state index contributed by atoms with van der Waals surface area (Å²) >= 11 is 6.38. The third-order valence-corrected chi connectivity index (χ3v) is 5.01. The molecule has 3 aromatic rings. The van der Waals surface area contributed by atoms with E-state index in [-0.39, 0.29) is 14.8 Å². The van der Waals surface area contributed by atoms with Crippen molar-refractivity contribution >= 4 is 32.0 Å². The Morgan fingerprint density at radius 1 is 0.852 bits per heavy atom. The summed E-state index contributed by atoms with van der Waals surface area (Å²) in [6.07, 6.45) is 0. The van der Waals surface area contributed by atoms with Gasteiger partial charge in [-0.15, -0.1) is 0 Å². The number of rotatable bonds is 7. The lowest BCUT2D eigenvalue weighted by Crippen LogP contribution is -1.97. The van der Waals surface area contributed by atoms with Gasteiger partial charge in [-0.3, -0.25) is 4.79 Å². The van der Waals surface area contributed by atoms with E-state index in [1.165, 1.54) is 6.92 Å². The summed E-state index contributed by atoms with van der Waals surface area (Å²) in [5, 5.41) is 0.424. The molecule has 1 unspecified atom stereocenters. The molecule has 0 fully saturated rings. The van der Waals surface area contributed by atoms with Gasteiger partial charge in [0.1, 0.15) is 11.5 Å². The van der Waals surface area contributed by atoms with Crippen molar-refractivity contribution < 1.29 is 13.8 Å². The van der Waals surface area contributed by atoms with Gasteiger partial charge in [-0.1, -0.05) is 60.6 Å². The molecule has 3 rings (SSSR count). The minimum atomic E-state index is -0.136. The van der Waals surface area contributed by atoms with E-state index in [0.717, 1.165) is 22.4 Å². The van der Waals surface area contributed by atoms with Crippen molar-refractivity contribution in [3.8, 4) is 11.5 Å². The molecule has 0 saturated carbocycles. The number of para-hydroxylation sites is 1. The van der Waals surface area contributed by atoms with E-state index in [4.69, 9.17) is 20.6 Å². The van der Waals surface area contributed by atoms with Crippen LogP contribution in [0.15, 0.2) is 79.4 Å². The van der Waals surface area contributed by atoms with Crippen LogP contribution >= 0.6 is 20.6 Å². The SMILES string of the molecule is C=C(c1ccc(OPOc2ccccc2)cc1)c1cccc(C(C)=O)c1Cl. The highest BCUT2D eigenvalue weighted by Gasteiger charge is 2.13. The van der Waals surface area contributed by atoms with Crippen LogP contribution in [0, 0.1) is 0 Å². The van der Waals surface area contributed by atoms with E-state index in [2.05, 4.69) is 6.58 Å². The van der Waals surface area contributed by atoms with Gasteiger partial charge in [0.15, 0.2) is 5.78 Å². The molecule has 5 heteroatoms. The largest absolute Gasteiger partial charge is 0.441 e. The summed E-state index contributed by atoms with van der Waals surface area (Å²) in [7, 11) is -0.136. The Morgan fingerprint density at radius 3 is 2.07 bits per heavy atom. The zero-order valence-electron chi connectivity index (χ0n) is 14.7. The van der Waals surface area contributed by atoms with Gasteiger partial charge in [-0.25, -0.2) is 0 Å². The van der Waals surface area contributed by atoms with Gasteiger partial charge < -0.3 is 9.05 Å². The summed E-state index contributed by atoms with van der Waals surface area (Å²) in [4.78, 5) is 11.7. The first kappa shape index (κ1) is 19.2. The molecular weight excluding hydrogens is 379 g/mol. The topological polar surface area (TPSA) is 35.5 Å². The first-order valence-electron chi connectivity index (χ1n) is 8.29. The monoisotopic (exact) mass is 396 g/mol. The Kier molecular flexibility index (Phi) is 6.28. The van der Waals surface area contributed by atoms with Gasteiger partial charge in [-0.2, -0.15) is 0 Å². The third-order valence-electron chi connectivity index (χ3n) is 3.97. The third kappa shape index (κ3) is 4.77. The van der Waals surface area contributed by atoms with Crippen LogP contribution in [0.4, 0.5) is 0 Å². The van der Waals surface area contributed by atoms with Crippen LogP contribution in [0.1, 0.15) is 28.4 Å².